The number of nitrogens with zero attached hydrogens (tertiary/aromatic N) is 1. The van der Waals surface area contributed by atoms with E-state index in [1.165, 1.54) is 11.3 Å². The van der Waals surface area contributed by atoms with Crippen molar-refractivity contribution in [2.45, 2.75) is 25.3 Å². The summed E-state index contributed by atoms with van der Waals surface area (Å²) < 4.78 is 0. The Labute approximate surface area is 176 Å². The van der Waals surface area contributed by atoms with Gasteiger partial charge in [0.1, 0.15) is 6.04 Å². The Bertz CT molecular complexity index is 731. The zero-order chi connectivity index (χ0) is 19.1. The van der Waals surface area contributed by atoms with Gasteiger partial charge in [-0.3, -0.25) is 9.59 Å². The van der Waals surface area contributed by atoms with Crippen molar-refractivity contribution in [2.75, 3.05) is 26.7 Å². The first kappa shape index (κ1) is 22.4. The Hall–Kier alpha value is -1.89. The van der Waals surface area contributed by atoms with Gasteiger partial charge in [0.15, 0.2) is 0 Å². The maximum atomic E-state index is 13.2. The molecule has 5 nitrogen and oxygen atoms in total. The molecule has 1 fully saturated rings. The fourth-order valence-electron chi connectivity index (χ4n) is 3.55. The van der Waals surface area contributed by atoms with Crippen LogP contribution in [0.15, 0.2) is 47.8 Å². The van der Waals surface area contributed by atoms with E-state index < -0.39 is 6.04 Å². The maximum Gasteiger partial charge on any atom is 0.262 e. The zero-order valence-corrected chi connectivity index (χ0v) is 17.7. The highest BCUT2D eigenvalue weighted by Crippen LogP contribution is 2.18. The summed E-state index contributed by atoms with van der Waals surface area (Å²) in [5, 5.41) is 8.06. The second kappa shape index (κ2) is 11.2. The number of halogens is 1. The van der Waals surface area contributed by atoms with Gasteiger partial charge in [-0.1, -0.05) is 36.4 Å². The van der Waals surface area contributed by atoms with Crippen LogP contribution in [0.5, 0.6) is 0 Å². The third kappa shape index (κ3) is 6.06. The van der Waals surface area contributed by atoms with Gasteiger partial charge in [0.25, 0.3) is 5.91 Å². The molecule has 0 bridgehead atoms. The fourth-order valence-corrected chi connectivity index (χ4v) is 4.18. The number of carbonyl (C=O) groups excluding carboxylic acids is 2. The van der Waals surface area contributed by atoms with Crippen LogP contribution in [0.2, 0.25) is 0 Å². The first-order valence-corrected chi connectivity index (χ1v) is 10.4. The molecule has 0 saturated carbocycles. The summed E-state index contributed by atoms with van der Waals surface area (Å²) in [4.78, 5) is 28.3. The molecule has 1 atom stereocenters. The molecular weight excluding hydrogens is 394 g/mol. The third-order valence-corrected chi connectivity index (χ3v) is 5.92. The first-order valence-electron chi connectivity index (χ1n) is 9.49. The summed E-state index contributed by atoms with van der Waals surface area (Å²) in [5.74, 6) is 0.461. The van der Waals surface area contributed by atoms with Gasteiger partial charge < -0.3 is 15.5 Å². The third-order valence-electron chi connectivity index (χ3n) is 5.05. The molecule has 7 heteroatoms. The standard InChI is InChI=1S/C21H27N3O2S.ClH/c1-22-15-17-9-11-24(12-10-17)21(26)18(14-16-6-3-2-4-7-16)23-20(25)19-8-5-13-27-19;/h2-8,13,17-18,22H,9-12,14-15H2,1H3,(H,23,25);1H. The van der Waals surface area contributed by atoms with Gasteiger partial charge in [-0.15, -0.1) is 23.7 Å². The van der Waals surface area contributed by atoms with E-state index in [4.69, 9.17) is 0 Å². The number of piperidine rings is 1. The van der Waals surface area contributed by atoms with Crippen molar-refractivity contribution in [3.8, 4) is 0 Å². The molecule has 3 rings (SSSR count). The van der Waals surface area contributed by atoms with Crippen molar-refractivity contribution < 1.29 is 9.59 Å². The number of nitrogens with one attached hydrogen (secondary N) is 2. The van der Waals surface area contributed by atoms with Crippen LogP contribution in [-0.2, 0) is 11.2 Å². The lowest BCUT2D eigenvalue weighted by molar-refractivity contribution is -0.134. The molecule has 152 valence electrons. The Morgan fingerprint density at radius 3 is 2.46 bits per heavy atom. The van der Waals surface area contributed by atoms with Crippen LogP contribution in [-0.4, -0.2) is 49.4 Å². The SMILES string of the molecule is CNCC1CCN(C(=O)C(Cc2ccccc2)NC(=O)c2cccs2)CC1.Cl. The van der Waals surface area contributed by atoms with Crippen molar-refractivity contribution in [1.82, 2.24) is 15.5 Å². The van der Waals surface area contributed by atoms with Crippen molar-refractivity contribution in [3.63, 3.8) is 0 Å². The van der Waals surface area contributed by atoms with Gasteiger partial charge in [0, 0.05) is 19.5 Å². The average molecular weight is 422 g/mol. The molecule has 1 saturated heterocycles. The van der Waals surface area contributed by atoms with E-state index in [9.17, 15) is 9.59 Å². The van der Waals surface area contributed by atoms with E-state index in [0.717, 1.165) is 38.0 Å². The van der Waals surface area contributed by atoms with Crippen LogP contribution in [0, 0.1) is 5.92 Å². The number of amides is 2. The van der Waals surface area contributed by atoms with E-state index in [0.29, 0.717) is 17.2 Å². The molecule has 2 heterocycles. The highest BCUT2D eigenvalue weighted by molar-refractivity contribution is 7.12. The molecule has 0 spiro atoms. The van der Waals surface area contributed by atoms with Crippen LogP contribution in [0.4, 0.5) is 0 Å². The zero-order valence-electron chi connectivity index (χ0n) is 16.1. The predicted octanol–water partition coefficient (Wildman–Crippen LogP) is 2.97. The van der Waals surface area contributed by atoms with Crippen LogP contribution in [0.3, 0.4) is 0 Å². The molecule has 0 radical (unpaired) electrons. The summed E-state index contributed by atoms with van der Waals surface area (Å²) in [6.07, 6.45) is 2.51. The number of thiophene rings is 1. The second-order valence-corrected chi connectivity index (χ2v) is 7.97. The summed E-state index contributed by atoms with van der Waals surface area (Å²) >= 11 is 1.39. The lowest BCUT2D eigenvalue weighted by Crippen LogP contribution is -2.52. The first-order chi connectivity index (χ1) is 13.2. The van der Waals surface area contributed by atoms with Crippen LogP contribution in [0.1, 0.15) is 28.1 Å². The van der Waals surface area contributed by atoms with Gasteiger partial charge >= 0.3 is 0 Å². The highest BCUT2D eigenvalue weighted by Gasteiger charge is 2.29. The molecule has 2 amide bonds. The minimum Gasteiger partial charge on any atom is -0.341 e. The van der Waals surface area contributed by atoms with Gasteiger partial charge in [-0.25, -0.2) is 0 Å². The van der Waals surface area contributed by atoms with E-state index in [1.807, 2.05) is 53.7 Å². The maximum absolute atomic E-state index is 13.2. The monoisotopic (exact) mass is 421 g/mol. The lowest BCUT2D eigenvalue weighted by Gasteiger charge is -2.34. The second-order valence-electron chi connectivity index (χ2n) is 7.02. The number of hydrogen-bond acceptors (Lipinski definition) is 4. The fraction of sp³-hybridized carbons (Fsp3) is 0.429. The summed E-state index contributed by atoms with van der Waals surface area (Å²) in [7, 11) is 1.97. The van der Waals surface area contributed by atoms with Crippen LogP contribution in [0.25, 0.3) is 0 Å². The minimum atomic E-state index is -0.539. The molecule has 1 aliphatic heterocycles. The number of likely N-dealkylation sites (tertiary alicyclic amines) is 1. The van der Waals surface area contributed by atoms with Crippen LogP contribution >= 0.6 is 23.7 Å². The van der Waals surface area contributed by atoms with Crippen molar-refractivity contribution >= 4 is 35.6 Å². The smallest absolute Gasteiger partial charge is 0.262 e. The average Bonchev–Trinajstić information content (AvgIpc) is 3.24. The largest absolute Gasteiger partial charge is 0.341 e. The molecule has 1 aromatic heterocycles. The Morgan fingerprint density at radius 2 is 1.86 bits per heavy atom. The molecule has 1 aliphatic rings. The Morgan fingerprint density at radius 1 is 1.14 bits per heavy atom. The van der Waals surface area contributed by atoms with Crippen molar-refractivity contribution in [1.29, 1.82) is 0 Å². The number of hydrogen-bond donors (Lipinski definition) is 2. The molecule has 0 aliphatic carbocycles. The number of rotatable bonds is 7. The highest BCUT2D eigenvalue weighted by atomic mass is 35.5. The number of benzene rings is 1. The minimum absolute atomic E-state index is 0. The quantitative estimate of drug-likeness (QED) is 0.722. The van der Waals surface area contributed by atoms with Gasteiger partial charge in [-0.05, 0) is 49.4 Å². The molecule has 1 aromatic carbocycles. The molecular formula is C21H28ClN3O2S. The number of carbonyl (C=O) groups is 2. The van der Waals surface area contributed by atoms with E-state index >= 15 is 0 Å². The predicted molar refractivity (Wildman–Crippen MR) is 116 cm³/mol. The summed E-state index contributed by atoms with van der Waals surface area (Å²) in [6, 6.07) is 13.0. The van der Waals surface area contributed by atoms with Crippen molar-refractivity contribution in [2.24, 2.45) is 5.92 Å². The van der Waals surface area contributed by atoms with Gasteiger partial charge in [0.2, 0.25) is 5.91 Å². The van der Waals surface area contributed by atoms with E-state index in [1.54, 1.807) is 6.07 Å². The van der Waals surface area contributed by atoms with Gasteiger partial charge in [-0.2, -0.15) is 0 Å². The van der Waals surface area contributed by atoms with Crippen LogP contribution < -0.4 is 10.6 Å². The lowest BCUT2D eigenvalue weighted by atomic mass is 9.95. The molecule has 2 aromatic rings. The van der Waals surface area contributed by atoms with Crippen molar-refractivity contribution in [3.05, 3.63) is 58.3 Å². The summed E-state index contributed by atoms with van der Waals surface area (Å²) in [5.41, 5.74) is 1.05. The topological polar surface area (TPSA) is 61.4 Å². The molecule has 1 unspecified atom stereocenters. The summed E-state index contributed by atoms with van der Waals surface area (Å²) in [6.45, 7) is 2.50. The Kier molecular flexibility index (Phi) is 8.96. The van der Waals surface area contributed by atoms with E-state index in [-0.39, 0.29) is 24.2 Å². The molecule has 2 N–H and O–H groups in total. The van der Waals surface area contributed by atoms with Gasteiger partial charge in [0.05, 0.1) is 4.88 Å². The Balaban J connectivity index is 0.00000280. The van der Waals surface area contributed by atoms with E-state index in [2.05, 4.69) is 10.6 Å². The molecule has 28 heavy (non-hydrogen) atoms. The normalized spacial score (nSPS) is 15.5.